The molecule has 1 aliphatic carbocycles. The highest BCUT2D eigenvalue weighted by atomic mass is 16.5. The molecule has 0 spiro atoms. The lowest BCUT2D eigenvalue weighted by Gasteiger charge is -2.28. The fourth-order valence-corrected chi connectivity index (χ4v) is 3.07. The lowest BCUT2D eigenvalue weighted by Crippen LogP contribution is -2.23. The highest BCUT2D eigenvalue weighted by Crippen LogP contribution is 2.34. The molecule has 126 valence electrons. The van der Waals surface area contributed by atoms with Crippen molar-refractivity contribution in [3.63, 3.8) is 0 Å². The molecule has 3 heteroatoms. The number of ether oxygens (including phenoxy) is 2. The highest BCUT2D eigenvalue weighted by molar-refractivity contribution is 5.82. The van der Waals surface area contributed by atoms with Crippen molar-refractivity contribution >= 4 is 5.97 Å². The van der Waals surface area contributed by atoms with Crippen LogP contribution in [0.4, 0.5) is 0 Å². The standard InChI is InChI=1S/C20H28O3/c1-3-5-6-7-20(21)23-19-14-10-17(11-15-19)16-8-12-18(13-9-16)22-4-2/h6-9,12-13,17,19H,3-5,10-11,14-15H2,1-2H3/b7-6+. The van der Waals surface area contributed by atoms with Crippen molar-refractivity contribution in [1.29, 1.82) is 0 Å². The van der Waals surface area contributed by atoms with Gasteiger partial charge in [-0.15, -0.1) is 0 Å². The number of allylic oxidation sites excluding steroid dienone is 1. The first-order valence-corrected chi connectivity index (χ1v) is 8.82. The summed E-state index contributed by atoms with van der Waals surface area (Å²) in [6.45, 7) is 4.79. The molecular formula is C20H28O3. The van der Waals surface area contributed by atoms with Gasteiger partial charge in [-0.05, 0) is 62.6 Å². The first-order chi connectivity index (χ1) is 11.2. The van der Waals surface area contributed by atoms with Crippen molar-refractivity contribution in [1.82, 2.24) is 0 Å². The third-order valence-electron chi connectivity index (χ3n) is 4.33. The van der Waals surface area contributed by atoms with Crippen LogP contribution in [0.5, 0.6) is 5.75 Å². The molecular weight excluding hydrogens is 288 g/mol. The smallest absolute Gasteiger partial charge is 0.330 e. The Labute approximate surface area is 139 Å². The molecule has 0 atom stereocenters. The van der Waals surface area contributed by atoms with E-state index in [1.807, 2.05) is 25.1 Å². The van der Waals surface area contributed by atoms with Crippen LogP contribution in [0.15, 0.2) is 36.4 Å². The molecule has 1 fully saturated rings. The molecule has 0 N–H and O–H groups in total. The van der Waals surface area contributed by atoms with Crippen LogP contribution in [0, 0.1) is 0 Å². The van der Waals surface area contributed by atoms with E-state index in [0.29, 0.717) is 12.5 Å². The summed E-state index contributed by atoms with van der Waals surface area (Å²) in [5.74, 6) is 1.30. The Morgan fingerprint density at radius 1 is 1.13 bits per heavy atom. The van der Waals surface area contributed by atoms with Gasteiger partial charge in [0.2, 0.25) is 0 Å². The first kappa shape index (κ1) is 17.6. The van der Waals surface area contributed by atoms with Crippen molar-refractivity contribution in [2.45, 2.75) is 64.4 Å². The second kappa shape index (κ2) is 9.39. The van der Waals surface area contributed by atoms with E-state index in [0.717, 1.165) is 44.3 Å². The van der Waals surface area contributed by atoms with Crippen LogP contribution in [0.3, 0.4) is 0 Å². The van der Waals surface area contributed by atoms with E-state index in [-0.39, 0.29) is 12.1 Å². The van der Waals surface area contributed by atoms with E-state index in [4.69, 9.17) is 9.47 Å². The van der Waals surface area contributed by atoms with Gasteiger partial charge < -0.3 is 9.47 Å². The number of unbranched alkanes of at least 4 members (excludes halogenated alkanes) is 1. The summed E-state index contributed by atoms with van der Waals surface area (Å²) >= 11 is 0. The largest absolute Gasteiger partial charge is 0.494 e. The number of benzene rings is 1. The number of hydrogen-bond donors (Lipinski definition) is 0. The molecule has 1 aliphatic rings. The lowest BCUT2D eigenvalue weighted by atomic mass is 9.83. The highest BCUT2D eigenvalue weighted by Gasteiger charge is 2.24. The summed E-state index contributed by atoms with van der Waals surface area (Å²) in [7, 11) is 0. The third kappa shape index (κ3) is 5.74. The van der Waals surface area contributed by atoms with Crippen molar-refractivity contribution in [3.8, 4) is 5.75 Å². The van der Waals surface area contributed by atoms with Crippen LogP contribution in [-0.2, 0) is 9.53 Å². The minimum Gasteiger partial charge on any atom is -0.494 e. The Morgan fingerprint density at radius 3 is 2.43 bits per heavy atom. The monoisotopic (exact) mass is 316 g/mol. The molecule has 0 radical (unpaired) electrons. The quantitative estimate of drug-likeness (QED) is 0.524. The molecule has 0 aliphatic heterocycles. The average Bonchev–Trinajstić information content (AvgIpc) is 2.57. The molecule has 2 rings (SSSR count). The minimum absolute atomic E-state index is 0.0766. The van der Waals surface area contributed by atoms with Crippen LogP contribution < -0.4 is 4.74 Å². The Kier molecular flexibility index (Phi) is 7.18. The van der Waals surface area contributed by atoms with Crippen LogP contribution in [0.1, 0.15) is 63.9 Å². The Balaban J connectivity index is 1.78. The Hall–Kier alpha value is -1.77. The lowest BCUT2D eigenvalue weighted by molar-refractivity contribution is -0.144. The summed E-state index contributed by atoms with van der Waals surface area (Å²) in [4.78, 5) is 11.7. The van der Waals surface area contributed by atoms with E-state index in [2.05, 4.69) is 19.1 Å². The number of carbonyl (C=O) groups is 1. The van der Waals surface area contributed by atoms with Crippen LogP contribution in [-0.4, -0.2) is 18.7 Å². The molecule has 0 aromatic heterocycles. The zero-order valence-corrected chi connectivity index (χ0v) is 14.3. The predicted molar refractivity (Wildman–Crippen MR) is 92.7 cm³/mol. The van der Waals surface area contributed by atoms with E-state index in [9.17, 15) is 4.79 Å². The van der Waals surface area contributed by atoms with Crippen LogP contribution in [0.25, 0.3) is 0 Å². The van der Waals surface area contributed by atoms with E-state index in [1.54, 1.807) is 6.08 Å². The maximum Gasteiger partial charge on any atom is 0.330 e. The number of rotatable bonds is 7. The van der Waals surface area contributed by atoms with Crippen molar-refractivity contribution < 1.29 is 14.3 Å². The molecule has 0 heterocycles. The number of esters is 1. The zero-order valence-electron chi connectivity index (χ0n) is 14.3. The van der Waals surface area contributed by atoms with Crippen LogP contribution >= 0.6 is 0 Å². The van der Waals surface area contributed by atoms with Crippen LogP contribution in [0.2, 0.25) is 0 Å². The molecule has 23 heavy (non-hydrogen) atoms. The molecule has 0 unspecified atom stereocenters. The average molecular weight is 316 g/mol. The van der Waals surface area contributed by atoms with Crippen molar-refractivity contribution in [3.05, 3.63) is 42.0 Å². The fourth-order valence-electron chi connectivity index (χ4n) is 3.07. The minimum atomic E-state index is -0.192. The topological polar surface area (TPSA) is 35.5 Å². The molecule has 0 bridgehead atoms. The van der Waals surface area contributed by atoms with Gasteiger partial charge in [-0.3, -0.25) is 0 Å². The third-order valence-corrected chi connectivity index (χ3v) is 4.33. The number of carbonyl (C=O) groups excluding carboxylic acids is 1. The van der Waals surface area contributed by atoms with Gasteiger partial charge >= 0.3 is 5.97 Å². The second-order valence-corrected chi connectivity index (χ2v) is 6.10. The molecule has 0 saturated heterocycles. The molecule has 1 aromatic carbocycles. The summed E-state index contributed by atoms with van der Waals surface area (Å²) in [6, 6.07) is 8.41. The molecule has 0 amide bonds. The van der Waals surface area contributed by atoms with Crippen molar-refractivity contribution in [2.75, 3.05) is 6.61 Å². The normalized spacial score (nSPS) is 21.3. The van der Waals surface area contributed by atoms with E-state index < -0.39 is 0 Å². The predicted octanol–water partition coefficient (Wildman–Crippen LogP) is 5.01. The van der Waals surface area contributed by atoms with Gasteiger partial charge in [-0.2, -0.15) is 0 Å². The number of hydrogen-bond acceptors (Lipinski definition) is 3. The SMILES string of the molecule is CCC/C=C/C(=O)OC1CCC(c2ccc(OCC)cc2)CC1. The Morgan fingerprint density at radius 2 is 1.83 bits per heavy atom. The van der Waals surface area contributed by atoms with Gasteiger partial charge in [-0.25, -0.2) is 4.79 Å². The fraction of sp³-hybridized carbons (Fsp3) is 0.550. The van der Waals surface area contributed by atoms with Gasteiger partial charge in [0.05, 0.1) is 6.61 Å². The maximum atomic E-state index is 11.7. The van der Waals surface area contributed by atoms with E-state index >= 15 is 0 Å². The first-order valence-electron chi connectivity index (χ1n) is 8.82. The summed E-state index contributed by atoms with van der Waals surface area (Å²) in [5, 5.41) is 0. The Bertz CT molecular complexity index is 496. The summed E-state index contributed by atoms with van der Waals surface area (Å²) in [6.07, 6.45) is 9.57. The summed E-state index contributed by atoms with van der Waals surface area (Å²) < 4.78 is 11.0. The van der Waals surface area contributed by atoms with Gasteiger partial charge in [0.15, 0.2) is 0 Å². The van der Waals surface area contributed by atoms with Gasteiger partial charge in [0.25, 0.3) is 0 Å². The second-order valence-electron chi connectivity index (χ2n) is 6.10. The molecule has 1 aromatic rings. The summed E-state index contributed by atoms with van der Waals surface area (Å²) in [5.41, 5.74) is 1.36. The van der Waals surface area contributed by atoms with E-state index in [1.165, 1.54) is 5.56 Å². The molecule has 3 nitrogen and oxygen atoms in total. The van der Waals surface area contributed by atoms with Gasteiger partial charge in [0.1, 0.15) is 11.9 Å². The van der Waals surface area contributed by atoms with Gasteiger partial charge in [-0.1, -0.05) is 31.6 Å². The van der Waals surface area contributed by atoms with Gasteiger partial charge in [0, 0.05) is 6.08 Å². The maximum absolute atomic E-state index is 11.7. The molecule has 1 saturated carbocycles. The zero-order chi connectivity index (χ0) is 16.5. The van der Waals surface area contributed by atoms with Crippen molar-refractivity contribution in [2.24, 2.45) is 0 Å².